The number of aryl methyl sites for hydroxylation is 1. The van der Waals surface area contributed by atoms with Crippen LogP contribution in [0.1, 0.15) is 10.7 Å². The maximum atomic E-state index is 13.5. The Morgan fingerprint density at radius 3 is 2.16 bits per heavy atom. The molecule has 2 aromatic rings. The molecule has 0 radical (unpaired) electrons. The highest BCUT2D eigenvalue weighted by Gasteiger charge is 2.24. The Balaban J connectivity index is 2.36. The normalized spacial score (nSPS) is 10.8. The highest BCUT2D eigenvalue weighted by molar-refractivity contribution is 7.09. The summed E-state index contributed by atoms with van der Waals surface area (Å²) < 4.78 is 53.0. The molecule has 0 aliphatic heterocycles. The van der Waals surface area contributed by atoms with Crippen LogP contribution in [-0.4, -0.2) is 17.0 Å². The maximum Gasteiger partial charge on any atom is 0.253 e. The van der Waals surface area contributed by atoms with Crippen molar-refractivity contribution >= 4 is 17.0 Å². The van der Waals surface area contributed by atoms with E-state index < -0.39 is 29.2 Å². The van der Waals surface area contributed by atoms with Crippen LogP contribution in [0.15, 0.2) is 5.38 Å². The molecule has 0 N–H and O–H groups in total. The van der Waals surface area contributed by atoms with Crippen LogP contribution >= 0.6 is 11.3 Å². The van der Waals surface area contributed by atoms with Gasteiger partial charge in [0.1, 0.15) is 10.7 Å². The summed E-state index contributed by atoms with van der Waals surface area (Å²) in [5.74, 6) is -6.38. The Morgan fingerprint density at radius 1 is 1.11 bits per heavy atom. The van der Waals surface area contributed by atoms with E-state index in [1.807, 2.05) is 0 Å². The number of nitrogens with zero attached hydrogens (tertiary/aromatic N) is 3. The minimum atomic E-state index is -1.67. The molecule has 0 bridgehead atoms. The lowest BCUT2D eigenvalue weighted by Gasteiger charge is -2.19. The fraction of sp³-hybridized carbons (Fsp3) is 0.273. The van der Waals surface area contributed by atoms with Crippen molar-refractivity contribution in [2.24, 2.45) is 0 Å². The first-order valence-electron chi connectivity index (χ1n) is 5.22. The summed E-state index contributed by atoms with van der Waals surface area (Å²) in [6.07, 6.45) is 0. The summed E-state index contributed by atoms with van der Waals surface area (Å²) >= 11 is 1.29. The Morgan fingerprint density at radius 2 is 1.68 bits per heavy atom. The number of hydrogen-bond donors (Lipinski definition) is 0. The third-order valence-corrected chi connectivity index (χ3v) is 3.35. The van der Waals surface area contributed by atoms with Gasteiger partial charge in [-0.15, -0.1) is 11.3 Å². The van der Waals surface area contributed by atoms with Crippen molar-refractivity contribution in [2.75, 3.05) is 11.9 Å². The Kier molecular flexibility index (Phi) is 3.70. The highest BCUT2D eigenvalue weighted by atomic mass is 32.1. The second-order valence-corrected chi connectivity index (χ2v) is 4.85. The molecule has 19 heavy (non-hydrogen) atoms. The van der Waals surface area contributed by atoms with Gasteiger partial charge in [-0.2, -0.15) is 22.5 Å². The third-order valence-electron chi connectivity index (χ3n) is 2.40. The highest BCUT2D eigenvalue weighted by Crippen LogP contribution is 2.26. The molecule has 102 valence electrons. The van der Waals surface area contributed by atoms with E-state index in [0.29, 0.717) is 5.01 Å². The summed E-state index contributed by atoms with van der Waals surface area (Å²) in [6.45, 7) is 1.81. The monoisotopic (exact) mass is 291 g/mol. The third kappa shape index (κ3) is 2.67. The minimum Gasteiger partial charge on any atom is -0.363 e. The first kappa shape index (κ1) is 13.7. The molecule has 0 saturated heterocycles. The second kappa shape index (κ2) is 5.12. The predicted molar refractivity (Wildman–Crippen MR) is 63.0 cm³/mol. The summed E-state index contributed by atoms with van der Waals surface area (Å²) in [7, 11) is 1.32. The van der Waals surface area contributed by atoms with Crippen molar-refractivity contribution in [3.63, 3.8) is 0 Å². The van der Waals surface area contributed by atoms with Crippen molar-refractivity contribution in [1.29, 1.82) is 0 Å². The molecule has 0 amide bonds. The molecule has 2 rings (SSSR count). The molecule has 0 fully saturated rings. The van der Waals surface area contributed by atoms with Gasteiger partial charge in [0.2, 0.25) is 11.6 Å². The average Bonchev–Trinajstić information content (AvgIpc) is 2.72. The summed E-state index contributed by atoms with van der Waals surface area (Å²) in [5.41, 5.74) is -0.0284. The molecule has 0 aliphatic rings. The largest absolute Gasteiger partial charge is 0.363 e. The van der Waals surface area contributed by atoms with Crippen molar-refractivity contribution in [3.05, 3.63) is 39.6 Å². The van der Waals surface area contributed by atoms with Gasteiger partial charge in [0.05, 0.1) is 6.54 Å². The zero-order chi connectivity index (χ0) is 14.2. The zero-order valence-corrected chi connectivity index (χ0v) is 10.9. The van der Waals surface area contributed by atoms with Gasteiger partial charge in [-0.05, 0) is 6.92 Å². The predicted octanol–water partition coefficient (Wildman–Crippen LogP) is 3.04. The molecule has 0 saturated carbocycles. The van der Waals surface area contributed by atoms with E-state index in [0.717, 1.165) is 10.6 Å². The van der Waals surface area contributed by atoms with Gasteiger partial charge in [0.15, 0.2) is 0 Å². The van der Waals surface area contributed by atoms with E-state index in [9.17, 15) is 17.6 Å². The maximum absolute atomic E-state index is 13.5. The number of anilines is 1. The number of halogens is 4. The molecule has 3 nitrogen and oxygen atoms in total. The molecule has 0 aromatic carbocycles. The lowest BCUT2D eigenvalue weighted by molar-refractivity contribution is 0.407. The van der Waals surface area contributed by atoms with Gasteiger partial charge in [-0.1, -0.05) is 0 Å². The molecule has 0 spiro atoms. The van der Waals surface area contributed by atoms with Crippen molar-refractivity contribution in [1.82, 2.24) is 9.97 Å². The average molecular weight is 291 g/mol. The Hall–Kier alpha value is -1.70. The minimum absolute atomic E-state index is 0.0369. The van der Waals surface area contributed by atoms with E-state index in [1.54, 1.807) is 12.3 Å². The van der Waals surface area contributed by atoms with E-state index in [1.165, 1.54) is 18.4 Å². The Bertz CT molecular complexity index is 588. The summed E-state index contributed by atoms with van der Waals surface area (Å²) in [6, 6.07) is 0. The molecule has 8 heteroatoms. The molecular weight excluding hydrogens is 282 g/mol. The van der Waals surface area contributed by atoms with Gasteiger partial charge >= 0.3 is 0 Å². The number of thiazole rings is 1. The van der Waals surface area contributed by atoms with Crippen LogP contribution in [0.4, 0.5) is 23.2 Å². The van der Waals surface area contributed by atoms with Crippen LogP contribution in [0.5, 0.6) is 0 Å². The molecule has 2 aromatic heterocycles. The molecule has 2 heterocycles. The van der Waals surface area contributed by atoms with Gasteiger partial charge in [-0.25, -0.2) is 4.98 Å². The number of aromatic nitrogens is 2. The van der Waals surface area contributed by atoms with E-state index >= 15 is 0 Å². The Labute approximate surface area is 110 Å². The smallest absolute Gasteiger partial charge is 0.253 e. The zero-order valence-electron chi connectivity index (χ0n) is 10.0. The van der Waals surface area contributed by atoms with Crippen molar-refractivity contribution in [3.8, 4) is 0 Å². The topological polar surface area (TPSA) is 29.0 Å². The van der Waals surface area contributed by atoms with Crippen molar-refractivity contribution in [2.45, 2.75) is 13.5 Å². The molecule has 0 atom stereocenters. The van der Waals surface area contributed by atoms with Gasteiger partial charge in [0.25, 0.3) is 11.9 Å². The van der Waals surface area contributed by atoms with Gasteiger partial charge < -0.3 is 4.90 Å². The van der Waals surface area contributed by atoms with Crippen LogP contribution in [0.2, 0.25) is 0 Å². The quantitative estimate of drug-likeness (QED) is 0.643. The summed E-state index contributed by atoms with van der Waals surface area (Å²) in [4.78, 5) is 7.67. The van der Waals surface area contributed by atoms with Crippen LogP contribution < -0.4 is 4.90 Å². The van der Waals surface area contributed by atoms with E-state index in [2.05, 4.69) is 9.97 Å². The second-order valence-electron chi connectivity index (χ2n) is 3.91. The molecular formula is C11H9F4N3S. The SMILES string of the molecule is Cc1csc(CN(C)c2c(F)c(F)nc(F)c2F)n1. The first-order valence-corrected chi connectivity index (χ1v) is 6.10. The van der Waals surface area contributed by atoms with Crippen LogP contribution in [0.25, 0.3) is 0 Å². The van der Waals surface area contributed by atoms with Gasteiger partial charge in [-0.3, -0.25) is 0 Å². The van der Waals surface area contributed by atoms with E-state index in [4.69, 9.17) is 0 Å². The fourth-order valence-corrected chi connectivity index (χ4v) is 2.39. The first-order chi connectivity index (χ1) is 8.90. The lowest BCUT2D eigenvalue weighted by atomic mass is 10.3. The molecule has 0 unspecified atom stereocenters. The molecule has 0 aliphatic carbocycles. The fourth-order valence-electron chi connectivity index (χ4n) is 1.57. The van der Waals surface area contributed by atoms with Crippen molar-refractivity contribution < 1.29 is 17.6 Å². The van der Waals surface area contributed by atoms with Crippen LogP contribution in [0, 0.1) is 30.5 Å². The lowest BCUT2D eigenvalue weighted by Crippen LogP contribution is -2.21. The number of hydrogen-bond acceptors (Lipinski definition) is 4. The number of rotatable bonds is 3. The van der Waals surface area contributed by atoms with Gasteiger partial charge in [0, 0.05) is 18.1 Å². The summed E-state index contributed by atoms with van der Waals surface area (Å²) in [5, 5.41) is 2.35. The van der Waals surface area contributed by atoms with Crippen LogP contribution in [0.3, 0.4) is 0 Å². The standard InChI is InChI=1S/C11H9F4N3S/c1-5-4-19-6(16-5)3-18(2)9-7(12)10(14)17-11(15)8(9)13/h4H,3H2,1-2H3. The number of pyridine rings is 1. The van der Waals surface area contributed by atoms with Crippen LogP contribution in [-0.2, 0) is 6.54 Å². The van der Waals surface area contributed by atoms with E-state index in [-0.39, 0.29) is 6.54 Å².